The first kappa shape index (κ1) is 18.4. The van der Waals surface area contributed by atoms with Crippen LogP contribution in [0.25, 0.3) is 11.3 Å². The Morgan fingerprint density at radius 3 is 2.62 bits per heavy atom. The van der Waals surface area contributed by atoms with E-state index >= 15 is 0 Å². The van der Waals surface area contributed by atoms with Crippen molar-refractivity contribution in [3.63, 3.8) is 0 Å². The quantitative estimate of drug-likeness (QED) is 0.869. The minimum Gasteiger partial charge on any atom is -0.507 e. The number of halogens is 3. The molecule has 0 spiro atoms. The molecule has 0 amide bonds. The molecule has 2 N–H and O–H groups in total. The second-order valence-electron chi connectivity index (χ2n) is 6.60. The van der Waals surface area contributed by atoms with Gasteiger partial charge in [0.05, 0.1) is 11.8 Å². The third kappa shape index (κ3) is 4.04. The summed E-state index contributed by atoms with van der Waals surface area (Å²) < 4.78 is 38.5. The van der Waals surface area contributed by atoms with Gasteiger partial charge in [0.15, 0.2) is 0 Å². The van der Waals surface area contributed by atoms with E-state index in [1.165, 1.54) is 13.1 Å². The molecule has 9 heteroatoms. The van der Waals surface area contributed by atoms with Gasteiger partial charge in [-0.15, -0.1) is 10.2 Å². The molecule has 2 aromatic rings. The van der Waals surface area contributed by atoms with Crippen molar-refractivity contribution < 1.29 is 18.3 Å². The molecule has 2 heterocycles. The third-order valence-corrected chi connectivity index (χ3v) is 4.42. The summed E-state index contributed by atoms with van der Waals surface area (Å²) >= 11 is 0. The topological polar surface area (TPSA) is 74.2 Å². The van der Waals surface area contributed by atoms with E-state index in [1.54, 1.807) is 0 Å². The molecule has 140 valence electrons. The number of aryl methyl sites for hydroxylation is 1. The molecule has 0 radical (unpaired) electrons. The van der Waals surface area contributed by atoms with Crippen molar-refractivity contribution >= 4 is 5.95 Å². The molecule has 0 aliphatic carbocycles. The summed E-state index contributed by atoms with van der Waals surface area (Å²) in [4.78, 5) is 6.41. The normalized spacial score (nSPS) is 18.7. The standard InChI is InChI=1S/C17H20F3N5O/c1-10-6-11(17(18,19)20)7-14(26)15(10)13-8-21-16(24-23-13)22-12-4-3-5-25(2)9-12/h6-8,12,26H,3-5,9H2,1-2H3,(H,21,22,24). The smallest absolute Gasteiger partial charge is 0.416 e. The lowest BCUT2D eigenvalue weighted by molar-refractivity contribution is -0.137. The maximum Gasteiger partial charge on any atom is 0.416 e. The van der Waals surface area contributed by atoms with Crippen LogP contribution in [0.1, 0.15) is 24.0 Å². The van der Waals surface area contributed by atoms with Crippen LogP contribution in [0.5, 0.6) is 5.75 Å². The van der Waals surface area contributed by atoms with Gasteiger partial charge in [0.1, 0.15) is 11.4 Å². The number of nitrogens with one attached hydrogen (secondary N) is 1. The number of piperidine rings is 1. The van der Waals surface area contributed by atoms with Crippen LogP contribution in [0.4, 0.5) is 19.1 Å². The van der Waals surface area contributed by atoms with E-state index in [0.717, 1.165) is 32.0 Å². The van der Waals surface area contributed by atoms with Crippen LogP contribution in [0.2, 0.25) is 0 Å². The number of hydrogen-bond donors (Lipinski definition) is 2. The second kappa shape index (κ2) is 7.06. The van der Waals surface area contributed by atoms with Gasteiger partial charge in [-0.25, -0.2) is 4.98 Å². The van der Waals surface area contributed by atoms with Gasteiger partial charge in [-0.2, -0.15) is 13.2 Å². The molecule has 6 nitrogen and oxygen atoms in total. The maximum atomic E-state index is 12.8. The summed E-state index contributed by atoms with van der Waals surface area (Å²) in [5.74, 6) is -0.138. The Labute approximate surface area is 149 Å². The highest BCUT2D eigenvalue weighted by Crippen LogP contribution is 2.38. The fourth-order valence-corrected chi connectivity index (χ4v) is 3.19. The Hall–Kier alpha value is -2.42. The Kier molecular flexibility index (Phi) is 4.99. The Morgan fingerprint density at radius 2 is 2.04 bits per heavy atom. The average Bonchev–Trinajstić information content (AvgIpc) is 2.55. The number of hydrogen-bond acceptors (Lipinski definition) is 6. The lowest BCUT2D eigenvalue weighted by Gasteiger charge is -2.29. The lowest BCUT2D eigenvalue weighted by atomic mass is 10.0. The van der Waals surface area contributed by atoms with E-state index < -0.39 is 17.5 Å². The van der Waals surface area contributed by atoms with Crippen LogP contribution in [0.3, 0.4) is 0 Å². The summed E-state index contributed by atoms with van der Waals surface area (Å²) in [6.45, 7) is 3.42. The first-order valence-corrected chi connectivity index (χ1v) is 8.30. The van der Waals surface area contributed by atoms with Crippen molar-refractivity contribution in [1.29, 1.82) is 0 Å². The van der Waals surface area contributed by atoms with Gasteiger partial charge < -0.3 is 15.3 Å². The average molecular weight is 367 g/mol. The molecule has 1 aliphatic rings. The number of phenols is 1. The molecule has 1 aromatic carbocycles. The highest BCUT2D eigenvalue weighted by Gasteiger charge is 2.32. The van der Waals surface area contributed by atoms with E-state index in [1.807, 2.05) is 7.05 Å². The molecule has 3 rings (SSSR count). The van der Waals surface area contributed by atoms with Crippen molar-refractivity contribution in [2.75, 3.05) is 25.5 Å². The van der Waals surface area contributed by atoms with Gasteiger partial charge in [0.25, 0.3) is 0 Å². The van der Waals surface area contributed by atoms with Crippen molar-refractivity contribution in [3.05, 3.63) is 29.5 Å². The third-order valence-electron chi connectivity index (χ3n) is 4.42. The number of aromatic hydroxyl groups is 1. The first-order valence-electron chi connectivity index (χ1n) is 8.30. The van der Waals surface area contributed by atoms with E-state index in [4.69, 9.17) is 0 Å². The van der Waals surface area contributed by atoms with E-state index in [9.17, 15) is 18.3 Å². The first-order chi connectivity index (χ1) is 12.2. The molecule has 1 aliphatic heterocycles. The van der Waals surface area contributed by atoms with Gasteiger partial charge in [-0.3, -0.25) is 0 Å². The number of likely N-dealkylation sites (N-methyl/N-ethyl adjacent to an activating group) is 1. The summed E-state index contributed by atoms with van der Waals surface area (Å²) in [5, 5.41) is 21.3. The molecule has 26 heavy (non-hydrogen) atoms. The number of nitrogens with zero attached hydrogens (tertiary/aromatic N) is 4. The molecule has 0 saturated carbocycles. The summed E-state index contributed by atoms with van der Waals surface area (Å²) in [6.07, 6.45) is -1.03. The predicted octanol–water partition coefficient (Wildman–Crippen LogP) is 3.08. The Morgan fingerprint density at radius 1 is 1.27 bits per heavy atom. The minimum absolute atomic E-state index is 0.196. The molecule has 1 aromatic heterocycles. The Balaban J connectivity index is 1.80. The van der Waals surface area contributed by atoms with Gasteiger partial charge >= 0.3 is 6.18 Å². The predicted molar refractivity (Wildman–Crippen MR) is 90.8 cm³/mol. The van der Waals surface area contributed by atoms with Gasteiger partial charge in [-0.1, -0.05) is 0 Å². The number of aromatic nitrogens is 3. The Bertz CT molecular complexity index is 756. The molecule has 1 atom stereocenters. The van der Waals surface area contributed by atoms with Crippen molar-refractivity contribution in [3.8, 4) is 17.0 Å². The van der Waals surface area contributed by atoms with E-state index in [2.05, 4.69) is 25.4 Å². The van der Waals surface area contributed by atoms with E-state index in [-0.39, 0.29) is 22.9 Å². The molecule has 0 bridgehead atoms. The van der Waals surface area contributed by atoms with Crippen molar-refractivity contribution in [2.24, 2.45) is 0 Å². The molecular weight excluding hydrogens is 347 g/mol. The number of benzene rings is 1. The highest BCUT2D eigenvalue weighted by atomic mass is 19.4. The zero-order valence-electron chi connectivity index (χ0n) is 14.5. The van der Waals surface area contributed by atoms with Crippen LogP contribution < -0.4 is 5.32 Å². The van der Waals surface area contributed by atoms with Crippen LogP contribution in [-0.4, -0.2) is 51.4 Å². The number of alkyl halides is 3. The summed E-state index contributed by atoms with van der Waals surface area (Å²) in [6, 6.07) is 1.89. The minimum atomic E-state index is -4.52. The maximum absolute atomic E-state index is 12.8. The van der Waals surface area contributed by atoms with Crippen LogP contribution in [0, 0.1) is 6.92 Å². The zero-order valence-corrected chi connectivity index (χ0v) is 14.5. The van der Waals surface area contributed by atoms with Crippen molar-refractivity contribution in [2.45, 2.75) is 32.0 Å². The summed E-state index contributed by atoms with van der Waals surface area (Å²) in [5.41, 5.74) is -0.234. The zero-order chi connectivity index (χ0) is 18.9. The molecule has 1 unspecified atom stereocenters. The van der Waals surface area contributed by atoms with Gasteiger partial charge in [0, 0.05) is 18.2 Å². The van der Waals surface area contributed by atoms with E-state index in [0.29, 0.717) is 12.0 Å². The highest BCUT2D eigenvalue weighted by molar-refractivity contribution is 5.70. The van der Waals surface area contributed by atoms with Crippen LogP contribution in [0.15, 0.2) is 18.3 Å². The molecule has 1 saturated heterocycles. The monoisotopic (exact) mass is 367 g/mol. The largest absolute Gasteiger partial charge is 0.507 e. The fraction of sp³-hybridized carbons (Fsp3) is 0.471. The lowest BCUT2D eigenvalue weighted by Crippen LogP contribution is -2.40. The van der Waals surface area contributed by atoms with Crippen molar-refractivity contribution in [1.82, 2.24) is 20.1 Å². The van der Waals surface area contributed by atoms with Gasteiger partial charge in [0.2, 0.25) is 5.95 Å². The van der Waals surface area contributed by atoms with Gasteiger partial charge in [-0.05, 0) is 51.1 Å². The number of anilines is 1. The molecular formula is C17H20F3N5O. The number of rotatable bonds is 3. The van der Waals surface area contributed by atoms with Crippen LogP contribution in [-0.2, 0) is 6.18 Å². The summed E-state index contributed by atoms with van der Waals surface area (Å²) in [7, 11) is 2.05. The number of likely N-dealkylation sites (tertiary alicyclic amines) is 1. The number of phenolic OH excluding ortho intramolecular Hbond substituents is 1. The SMILES string of the molecule is Cc1cc(C(F)(F)F)cc(O)c1-c1cnc(NC2CCCN(C)C2)nn1. The molecule has 1 fully saturated rings. The fourth-order valence-electron chi connectivity index (χ4n) is 3.19. The van der Waals surface area contributed by atoms with Crippen LogP contribution >= 0.6 is 0 Å². The second-order valence-corrected chi connectivity index (χ2v) is 6.60.